The van der Waals surface area contributed by atoms with E-state index in [0.717, 1.165) is 24.8 Å². The number of benzene rings is 1. The first-order valence-corrected chi connectivity index (χ1v) is 27.5. The van der Waals surface area contributed by atoms with Crippen LogP contribution >= 0.6 is 0 Å². The summed E-state index contributed by atoms with van der Waals surface area (Å²) in [6.07, 6.45) is 15.0. The van der Waals surface area contributed by atoms with E-state index in [4.69, 9.17) is 0 Å². The molecule has 1 aliphatic rings. The fraction of sp³-hybridized carbons (Fsp3) is 0.677. The average molecular weight is 653 g/mol. The van der Waals surface area contributed by atoms with Crippen molar-refractivity contribution in [2.45, 2.75) is 129 Å². The molecule has 1 atom stereocenters. The molecule has 37 heavy (non-hydrogen) atoms. The number of aryl methyl sites for hydroxylation is 1. The van der Waals surface area contributed by atoms with Gasteiger partial charge in [-0.05, 0) is 0 Å². The van der Waals surface area contributed by atoms with Crippen molar-refractivity contribution in [2.24, 2.45) is 0 Å². The van der Waals surface area contributed by atoms with E-state index in [9.17, 15) is 8.42 Å². The van der Waals surface area contributed by atoms with Gasteiger partial charge < -0.3 is 0 Å². The maximum absolute atomic E-state index is 14.3. The maximum atomic E-state index is 14.3. The van der Waals surface area contributed by atoms with Crippen LogP contribution in [0, 0.1) is 6.92 Å². The van der Waals surface area contributed by atoms with Crippen molar-refractivity contribution < 1.29 is 8.42 Å². The fourth-order valence-corrected chi connectivity index (χ4v) is 30.6. The van der Waals surface area contributed by atoms with Gasteiger partial charge in [0.25, 0.3) is 0 Å². The number of sulfonamides is 1. The van der Waals surface area contributed by atoms with Crippen LogP contribution in [0.2, 0.25) is 33.0 Å². The van der Waals surface area contributed by atoms with Crippen LogP contribution in [0.1, 0.15) is 84.1 Å². The molecule has 210 valence electrons. The van der Waals surface area contributed by atoms with Crippen molar-refractivity contribution >= 4 is 36.5 Å². The Balaban J connectivity index is 2.69. The Kier molecular flexibility index (Phi) is 13.7. The number of nitrogens with zero attached hydrogens (tertiary/aromatic N) is 1. The number of hydrogen-bond acceptors (Lipinski definition) is 2. The van der Waals surface area contributed by atoms with Crippen molar-refractivity contribution in [1.29, 1.82) is 0 Å². The SMILES string of the molecule is CCC[CH2][Sn]([CH2]CCC)([CH2]CCC)/[C](=C\[Si](C)(C)C)CN(C1C=CCCC1)S(=O)(=O)c1ccc(C)cc1. The average Bonchev–Trinajstić information content (AvgIpc) is 2.86. The fourth-order valence-electron chi connectivity index (χ4n) is 5.72. The Labute approximate surface area is 235 Å². The summed E-state index contributed by atoms with van der Waals surface area (Å²) < 4.78 is 36.3. The van der Waals surface area contributed by atoms with E-state index in [1.54, 1.807) is 3.59 Å². The Morgan fingerprint density at radius 1 is 0.973 bits per heavy atom. The first-order chi connectivity index (χ1) is 17.5. The van der Waals surface area contributed by atoms with Gasteiger partial charge in [0.1, 0.15) is 0 Å². The molecule has 0 fully saturated rings. The number of allylic oxidation sites excluding steroid dienone is 1. The predicted octanol–water partition coefficient (Wildman–Crippen LogP) is 9.29. The zero-order valence-electron chi connectivity index (χ0n) is 25.0. The summed E-state index contributed by atoms with van der Waals surface area (Å²) >= 11 is -2.84. The van der Waals surface area contributed by atoms with Crippen LogP contribution in [0.3, 0.4) is 0 Å². The van der Waals surface area contributed by atoms with Gasteiger partial charge in [-0.1, -0.05) is 0 Å². The second kappa shape index (κ2) is 15.4. The molecular formula is C31H55NO2SSiSn. The van der Waals surface area contributed by atoms with Crippen LogP contribution in [-0.2, 0) is 10.0 Å². The molecule has 0 saturated carbocycles. The van der Waals surface area contributed by atoms with Gasteiger partial charge in [0.15, 0.2) is 0 Å². The third kappa shape index (κ3) is 9.95. The number of unbranched alkanes of at least 4 members (excludes halogenated alkanes) is 3. The molecule has 0 amide bonds. The summed E-state index contributed by atoms with van der Waals surface area (Å²) in [5.74, 6) is 0. The van der Waals surface area contributed by atoms with Gasteiger partial charge in [0.05, 0.1) is 0 Å². The van der Waals surface area contributed by atoms with Crippen molar-refractivity contribution in [1.82, 2.24) is 4.31 Å². The quantitative estimate of drug-likeness (QED) is 0.132. The van der Waals surface area contributed by atoms with Gasteiger partial charge in [-0.15, -0.1) is 0 Å². The van der Waals surface area contributed by atoms with Crippen molar-refractivity contribution in [3.05, 3.63) is 51.3 Å². The van der Waals surface area contributed by atoms with Gasteiger partial charge >= 0.3 is 236 Å². The summed E-state index contributed by atoms with van der Waals surface area (Å²) in [7, 11) is -5.16. The van der Waals surface area contributed by atoms with Gasteiger partial charge in [0.2, 0.25) is 0 Å². The van der Waals surface area contributed by atoms with Crippen LogP contribution in [0.15, 0.2) is 50.6 Å². The third-order valence-corrected chi connectivity index (χ3v) is 27.8. The summed E-state index contributed by atoms with van der Waals surface area (Å²) in [5.41, 5.74) is 3.77. The second-order valence-electron chi connectivity index (χ2n) is 12.4. The minimum atomic E-state index is -3.60. The topological polar surface area (TPSA) is 37.4 Å². The van der Waals surface area contributed by atoms with Crippen LogP contribution < -0.4 is 0 Å². The monoisotopic (exact) mass is 653 g/mol. The van der Waals surface area contributed by atoms with Crippen LogP contribution in [-0.4, -0.2) is 51.8 Å². The normalized spacial score (nSPS) is 17.5. The number of hydrogen-bond donors (Lipinski definition) is 0. The standard InChI is InChI=1S/C19H28NO2SSi.3C4H9.Sn/c1-17-11-13-19(14-12-17)23(21,22)20(15-8-16-24(2,3)4)18-9-6-5-7-10-18;3*1-3-4-2;/h6,9,11-14,16,18H,5,7,10,15H2,1-4H3;3*1,3-4H2,2H3;. The zero-order valence-corrected chi connectivity index (χ0v) is 29.7. The molecule has 0 radical (unpaired) electrons. The zero-order chi connectivity index (χ0) is 27.5. The first-order valence-electron chi connectivity index (χ1n) is 15.0. The van der Waals surface area contributed by atoms with Gasteiger partial charge in [-0.3, -0.25) is 0 Å². The van der Waals surface area contributed by atoms with E-state index in [2.05, 4.69) is 58.3 Å². The molecule has 0 heterocycles. The van der Waals surface area contributed by atoms with Crippen LogP contribution in [0.4, 0.5) is 0 Å². The van der Waals surface area contributed by atoms with Crippen molar-refractivity contribution in [2.75, 3.05) is 6.54 Å². The van der Waals surface area contributed by atoms with E-state index >= 15 is 0 Å². The summed E-state index contributed by atoms with van der Waals surface area (Å²) in [6.45, 7) is 16.9. The van der Waals surface area contributed by atoms with Gasteiger partial charge in [-0.2, -0.15) is 0 Å². The van der Waals surface area contributed by atoms with E-state index in [1.807, 2.05) is 35.5 Å². The molecule has 6 heteroatoms. The van der Waals surface area contributed by atoms with Gasteiger partial charge in [0, 0.05) is 0 Å². The molecule has 1 aromatic rings. The Morgan fingerprint density at radius 3 is 1.95 bits per heavy atom. The molecule has 1 aromatic carbocycles. The van der Waals surface area contributed by atoms with Crippen LogP contribution in [0.25, 0.3) is 0 Å². The third-order valence-electron chi connectivity index (χ3n) is 7.87. The van der Waals surface area contributed by atoms with E-state index in [-0.39, 0.29) is 6.04 Å². The van der Waals surface area contributed by atoms with Crippen molar-refractivity contribution in [3.63, 3.8) is 0 Å². The first kappa shape index (κ1) is 32.8. The van der Waals surface area contributed by atoms with E-state index in [1.165, 1.54) is 51.8 Å². The Morgan fingerprint density at radius 2 is 1.51 bits per heavy atom. The molecule has 0 spiro atoms. The molecule has 0 N–H and O–H groups in total. The van der Waals surface area contributed by atoms with Crippen LogP contribution in [0.5, 0.6) is 0 Å². The van der Waals surface area contributed by atoms with E-state index < -0.39 is 36.5 Å². The number of rotatable bonds is 16. The Bertz CT molecular complexity index is 958. The second-order valence-corrected chi connectivity index (χ2v) is 32.8. The molecule has 1 unspecified atom stereocenters. The molecule has 0 aromatic heterocycles. The molecule has 0 bridgehead atoms. The summed E-state index contributed by atoms with van der Waals surface area (Å²) in [5, 5.41) is 0. The molecule has 1 aliphatic carbocycles. The molecule has 3 nitrogen and oxygen atoms in total. The summed E-state index contributed by atoms with van der Waals surface area (Å²) in [4.78, 5) is 0.445. The van der Waals surface area contributed by atoms with Gasteiger partial charge in [-0.25, -0.2) is 0 Å². The minimum absolute atomic E-state index is 0.0439. The van der Waals surface area contributed by atoms with Crippen molar-refractivity contribution in [3.8, 4) is 0 Å². The van der Waals surface area contributed by atoms with E-state index in [0.29, 0.717) is 11.4 Å². The predicted molar refractivity (Wildman–Crippen MR) is 168 cm³/mol. The Hall–Kier alpha value is -0.374. The molecule has 0 aliphatic heterocycles. The summed E-state index contributed by atoms with van der Waals surface area (Å²) in [6, 6.07) is 7.46. The molecule has 2 rings (SSSR count). The molecular weight excluding hydrogens is 597 g/mol. The molecule has 0 saturated heterocycles.